The number of carbonyl (C=O) groups is 1. The van der Waals surface area contributed by atoms with Crippen LogP contribution >= 0.6 is 11.6 Å². The summed E-state index contributed by atoms with van der Waals surface area (Å²) in [4.78, 5) is 11.9. The number of nitrogens with zero attached hydrogens (tertiary/aromatic N) is 1. The number of sulfonamides is 1. The van der Waals surface area contributed by atoms with Crippen LogP contribution in [-0.2, 0) is 14.8 Å². The molecule has 1 N–H and O–H groups in total. The molecule has 2 aromatic carbocycles. The van der Waals surface area contributed by atoms with Crippen molar-refractivity contribution in [3.05, 3.63) is 53.1 Å². The Hall–Kier alpha value is -2.23. The molecule has 2 aromatic rings. The zero-order valence-electron chi connectivity index (χ0n) is 13.8. The normalized spacial score (nSPS) is 11.5. The highest BCUT2D eigenvalue weighted by Crippen LogP contribution is 2.26. The van der Waals surface area contributed by atoms with E-state index in [0.717, 1.165) is 16.4 Å². The fraction of sp³-hybridized carbons (Fsp3) is 0.188. The summed E-state index contributed by atoms with van der Waals surface area (Å²) < 4.78 is 56.3. The first-order valence-electron chi connectivity index (χ1n) is 7.21. The first-order valence-corrected chi connectivity index (χ1v) is 9.03. The van der Waals surface area contributed by atoms with Gasteiger partial charge in [0.2, 0.25) is 10.0 Å². The number of nitrogens with one attached hydrogen (secondary N) is 1. The summed E-state index contributed by atoms with van der Waals surface area (Å²) in [6.45, 7) is -0.508. The van der Waals surface area contributed by atoms with Crippen LogP contribution in [0.3, 0.4) is 0 Å². The predicted octanol–water partition coefficient (Wildman–Crippen LogP) is 2.89. The Kier molecular flexibility index (Phi) is 6.17. The molecule has 2 rings (SSSR count). The third-order valence-corrected chi connectivity index (χ3v) is 5.39. The molecule has 6 nitrogen and oxygen atoms in total. The van der Waals surface area contributed by atoms with Crippen LogP contribution in [0, 0.1) is 11.6 Å². The van der Waals surface area contributed by atoms with E-state index < -0.39 is 34.2 Å². The average Bonchev–Trinajstić information content (AvgIpc) is 2.57. The van der Waals surface area contributed by atoms with Crippen molar-refractivity contribution in [2.24, 2.45) is 0 Å². The Bertz CT molecular complexity index is 936. The molecule has 0 aromatic heterocycles. The topological polar surface area (TPSA) is 75.7 Å². The van der Waals surface area contributed by atoms with Crippen molar-refractivity contribution < 1.29 is 26.7 Å². The molecule has 10 heteroatoms. The van der Waals surface area contributed by atoms with Crippen molar-refractivity contribution in [1.82, 2.24) is 4.31 Å². The number of halogens is 3. The van der Waals surface area contributed by atoms with Crippen molar-refractivity contribution in [2.75, 3.05) is 26.0 Å². The molecule has 0 bridgehead atoms. The first kappa shape index (κ1) is 20.1. The number of carbonyl (C=O) groups excluding carboxylic acids is 1. The summed E-state index contributed by atoms with van der Waals surface area (Å²) in [6, 6.07) is 6.71. The minimum absolute atomic E-state index is 0.0333. The Labute approximate surface area is 154 Å². The van der Waals surface area contributed by atoms with Crippen LogP contribution < -0.4 is 10.1 Å². The van der Waals surface area contributed by atoms with E-state index >= 15 is 0 Å². The molecule has 0 aliphatic rings. The second-order valence-corrected chi connectivity index (χ2v) is 7.90. The number of benzene rings is 2. The lowest BCUT2D eigenvalue weighted by Gasteiger charge is -2.14. The van der Waals surface area contributed by atoms with Gasteiger partial charge in [0.05, 0.1) is 15.6 Å². The van der Waals surface area contributed by atoms with Crippen molar-refractivity contribution in [1.29, 1.82) is 0 Å². The molecule has 0 aliphatic heterocycles. The van der Waals surface area contributed by atoms with Gasteiger partial charge in [-0.15, -0.1) is 0 Å². The summed E-state index contributed by atoms with van der Waals surface area (Å²) in [5.74, 6) is -2.83. The lowest BCUT2D eigenvalue weighted by molar-refractivity contribution is -0.118. The van der Waals surface area contributed by atoms with E-state index in [1.165, 1.54) is 38.4 Å². The molecule has 0 heterocycles. The standard InChI is InChI=1S/C16H15ClF2N2O4S/c1-21(2)26(23,24)11-4-5-12(17)15(8-11)20-16(22)9-25-10-3-6-13(18)14(19)7-10/h3-8H,9H2,1-2H3,(H,20,22). The van der Waals surface area contributed by atoms with E-state index in [0.29, 0.717) is 0 Å². The highest BCUT2D eigenvalue weighted by atomic mass is 35.5. The molecule has 0 unspecified atom stereocenters. The van der Waals surface area contributed by atoms with Gasteiger partial charge in [0.1, 0.15) is 5.75 Å². The molecular weight excluding hydrogens is 390 g/mol. The molecule has 0 fully saturated rings. The lowest BCUT2D eigenvalue weighted by Crippen LogP contribution is -2.23. The smallest absolute Gasteiger partial charge is 0.262 e. The Morgan fingerprint density at radius 3 is 2.46 bits per heavy atom. The van der Waals surface area contributed by atoms with E-state index in [1.54, 1.807) is 0 Å². The van der Waals surface area contributed by atoms with E-state index in [2.05, 4.69) is 5.32 Å². The van der Waals surface area contributed by atoms with Gasteiger partial charge in [-0.05, 0) is 30.3 Å². The minimum Gasteiger partial charge on any atom is -0.484 e. The van der Waals surface area contributed by atoms with E-state index in [-0.39, 0.29) is 21.4 Å². The van der Waals surface area contributed by atoms with E-state index in [1.807, 2.05) is 0 Å². The molecular formula is C16H15ClF2N2O4S. The maximum Gasteiger partial charge on any atom is 0.262 e. The Balaban J connectivity index is 2.10. The van der Waals surface area contributed by atoms with Gasteiger partial charge in [-0.25, -0.2) is 21.5 Å². The number of amides is 1. The third-order valence-electron chi connectivity index (χ3n) is 3.25. The number of hydrogen-bond acceptors (Lipinski definition) is 4. The number of anilines is 1. The molecule has 1 amide bonds. The third kappa shape index (κ3) is 4.69. The van der Waals surface area contributed by atoms with Gasteiger partial charge in [0.25, 0.3) is 5.91 Å². The van der Waals surface area contributed by atoms with Gasteiger partial charge in [0.15, 0.2) is 18.2 Å². The molecule has 0 saturated heterocycles. The number of ether oxygens (including phenoxy) is 1. The van der Waals surface area contributed by atoms with Gasteiger partial charge < -0.3 is 10.1 Å². The van der Waals surface area contributed by atoms with Gasteiger partial charge in [-0.2, -0.15) is 0 Å². The summed E-state index contributed by atoms with van der Waals surface area (Å²) >= 11 is 5.97. The molecule has 0 saturated carbocycles. The van der Waals surface area contributed by atoms with Crippen molar-refractivity contribution in [3.63, 3.8) is 0 Å². The molecule has 0 spiro atoms. The number of rotatable bonds is 6. The van der Waals surface area contributed by atoms with Crippen molar-refractivity contribution >= 4 is 33.2 Å². The fourth-order valence-electron chi connectivity index (χ4n) is 1.87. The van der Waals surface area contributed by atoms with Crippen LogP contribution in [0.1, 0.15) is 0 Å². The predicted molar refractivity (Wildman–Crippen MR) is 92.8 cm³/mol. The fourth-order valence-corrected chi connectivity index (χ4v) is 2.97. The SMILES string of the molecule is CN(C)S(=O)(=O)c1ccc(Cl)c(NC(=O)COc2ccc(F)c(F)c2)c1. The van der Waals surface area contributed by atoms with Crippen molar-refractivity contribution in [2.45, 2.75) is 4.90 Å². The van der Waals surface area contributed by atoms with Gasteiger partial charge >= 0.3 is 0 Å². The maximum atomic E-state index is 13.1. The summed E-state index contributed by atoms with van der Waals surface area (Å²) in [5.41, 5.74) is 0.0773. The van der Waals surface area contributed by atoms with Crippen LogP contribution in [0.15, 0.2) is 41.3 Å². The quantitative estimate of drug-likeness (QED) is 0.803. The monoisotopic (exact) mass is 404 g/mol. The lowest BCUT2D eigenvalue weighted by atomic mass is 10.3. The van der Waals surface area contributed by atoms with Gasteiger partial charge in [0, 0.05) is 20.2 Å². The molecule has 140 valence electrons. The Morgan fingerprint density at radius 1 is 1.15 bits per heavy atom. The van der Waals surface area contributed by atoms with Gasteiger partial charge in [-0.3, -0.25) is 4.79 Å². The average molecular weight is 405 g/mol. The maximum absolute atomic E-state index is 13.1. The second-order valence-electron chi connectivity index (χ2n) is 5.34. The Morgan fingerprint density at radius 2 is 1.85 bits per heavy atom. The zero-order valence-corrected chi connectivity index (χ0v) is 15.4. The van der Waals surface area contributed by atoms with Gasteiger partial charge in [-0.1, -0.05) is 11.6 Å². The van der Waals surface area contributed by atoms with Crippen LogP contribution in [0.25, 0.3) is 0 Å². The highest BCUT2D eigenvalue weighted by Gasteiger charge is 2.19. The summed E-state index contributed by atoms with van der Waals surface area (Å²) in [5, 5.41) is 2.54. The summed E-state index contributed by atoms with van der Waals surface area (Å²) in [7, 11) is -0.955. The van der Waals surface area contributed by atoms with Crippen LogP contribution in [-0.4, -0.2) is 39.3 Å². The summed E-state index contributed by atoms with van der Waals surface area (Å²) in [6.07, 6.45) is 0. The minimum atomic E-state index is -3.70. The van der Waals surface area contributed by atoms with Crippen LogP contribution in [0.4, 0.5) is 14.5 Å². The highest BCUT2D eigenvalue weighted by molar-refractivity contribution is 7.89. The van der Waals surface area contributed by atoms with Crippen LogP contribution in [0.5, 0.6) is 5.75 Å². The number of hydrogen-bond donors (Lipinski definition) is 1. The molecule has 26 heavy (non-hydrogen) atoms. The molecule has 0 aliphatic carbocycles. The van der Waals surface area contributed by atoms with E-state index in [4.69, 9.17) is 16.3 Å². The molecule has 0 radical (unpaired) electrons. The van der Waals surface area contributed by atoms with Crippen LogP contribution in [0.2, 0.25) is 5.02 Å². The molecule has 0 atom stereocenters. The largest absolute Gasteiger partial charge is 0.484 e. The zero-order chi connectivity index (χ0) is 19.5. The van der Waals surface area contributed by atoms with E-state index in [9.17, 15) is 22.0 Å². The second kappa shape index (κ2) is 7.98. The van der Waals surface area contributed by atoms with Crippen molar-refractivity contribution in [3.8, 4) is 5.75 Å². The first-order chi connectivity index (χ1) is 12.1.